The minimum atomic E-state index is -0.984. The first-order valence-electron chi connectivity index (χ1n) is 5.36. The highest BCUT2D eigenvalue weighted by Crippen LogP contribution is 2.15. The average Bonchev–Trinajstić information content (AvgIpc) is 2.40. The van der Waals surface area contributed by atoms with Crippen molar-refractivity contribution < 1.29 is 8.95 Å². The molecule has 0 N–H and O–H groups in total. The van der Waals surface area contributed by atoms with Gasteiger partial charge in [-0.1, -0.05) is 30.3 Å². The summed E-state index contributed by atoms with van der Waals surface area (Å²) in [6.45, 7) is 0. The molecule has 2 aromatic carbocycles. The summed E-state index contributed by atoms with van der Waals surface area (Å²) in [6.07, 6.45) is 0. The molecule has 0 unspecified atom stereocenters. The van der Waals surface area contributed by atoms with Crippen LogP contribution in [0.4, 0.5) is 0 Å². The van der Waals surface area contributed by atoms with E-state index in [9.17, 15) is 4.21 Å². The van der Waals surface area contributed by atoms with Crippen molar-refractivity contribution in [3.05, 3.63) is 60.2 Å². The molecule has 2 rings (SSSR count). The van der Waals surface area contributed by atoms with Crippen molar-refractivity contribution in [3.63, 3.8) is 0 Å². The van der Waals surface area contributed by atoms with Crippen molar-refractivity contribution in [1.82, 2.24) is 0 Å². The van der Waals surface area contributed by atoms with Crippen LogP contribution in [0.2, 0.25) is 0 Å². The number of benzene rings is 2. The van der Waals surface area contributed by atoms with E-state index in [2.05, 4.69) is 0 Å². The molecule has 0 saturated carbocycles. The van der Waals surface area contributed by atoms with Crippen LogP contribution in [0.3, 0.4) is 0 Å². The van der Waals surface area contributed by atoms with Gasteiger partial charge in [0, 0.05) is 4.90 Å². The zero-order valence-corrected chi connectivity index (χ0v) is 10.4. The monoisotopic (exact) mass is 246 g/mol. The van der Waals surface area contributed by atoms with Gasteiger partial charge in [-0.2, -0.15) is 0 Å². The Kier molecular flexibility index (Phi) is 3.94. The second-order valence-electron chi connectivity index (χ2n) is 3.65. The molecule has 0 radical (unpaired) electrons. The van der Waals surface area contributed by atoms with Crippen LogP contribution in [0.5, 0.6) is 5.75 Å². The SMILES string of the molecule is COc1ccc(C[S@@](=O)c2ccccc2)cc1. The molecule has 2 aromatic rings. The summed E-state index contributed by atoms with van der Waals surface area (Å²) in [5.74, 6) is 1.35. The Labute approximate surface area is 104 Å². The molecule has 0 aliphatic carbocycles. The third-order valence-corrected chi connectivity index (χ3v) is 3.86. The number of hydrogen-bond acceptors (Lipinski definition) is 2. The summed E-state index contributed by atoms with van der Waals surface area (Å²) < 4.78 is 17.1. The van der Waals surface area contributed by atoms with Gasteiger partial charge >= 0.3 is 0 Å². The van der Waals surface area contributed by atoms with Crippen LogP contribution in [-0.2, 0) is 16.6 Å². The lowest BCUT2D eigenvalue weighted by Crippen LogP contribution is -1.96. The molecule has 0 heterocycles. The summed E-state index contributed by atoms with van der Waals surface area (Å²) in [4.78, 5) is 0.864. The first-order chi connectivity index (χ1) is 8.29. The van der Waals surface area contributed by atoms with E-state index in [4.69, 9.17) is 4.74 Å². The molecule has 3 heteroatoms. The number of rotatable bonds is 4. The van der Waals surface area contributed by atoms with E-state index in [0.29, 0.717) is 5.75 Å². The Bertz CT molecular complexity index is 491. The molecule has 0 spiro atoms. The maximum atomic E-state index is 12.0. The summed E-state index contributed by atoms with van der Waals surface area (Å²) >= 11 is 0. The van der Waals surface area contributed by atoms with Gasteiger partial charge in [-0.05, 0) is 29.8 Å². The van der Waals surface area contributed by atoms with Crippen molar-refractivity contribution in [2.45, 2.75) is 10.6 Å². The van der Waals surface area contributed by atoms with Gasteiger partial charge in [0.2, 0.25) is 0 Å². The lowest BCUT2D eigenvalue weighted by atomic mass is 10.2. The molecule has 0 bridgehead atoms. The molecule has 88 valence electrons. The Hall–Kier alpha value is -1.61. The Morgan fingerprint density at radius 1 is 1.00 bits per heavy atom. The normalized spacial score (nSPS) is 12.1. The summed E-state index contributed by atoms with van der Waals surface area (Å²) in [7, 11) is 0.652. The van der Waals surface area contributed by atoms with E-state index in [1.54, 1.807) is 7.11 Å². The number of methoxy groups -OCH3 is 1. The minimum absolute atomic E-state index is 0.536. The number of hydrogen-bond donors (Lipinski definition) is 0. The first kappa shape index (κ1) is 11.9. The molecular formula is C14H14O2S. The van der Waals surface area contributed by atoms with E-state index >= 15 is 0 Å². The number of ether oxygens (including phenoxy) is 1. The lowest BCUT2D eigenvalue weighted by molar-refractivity contribution is 0.414. The largest absolute Gasteiger partial charge is 0.497 e. The van der Waals surface area contributed by atoms with Crippen LogP contribution in [0.1, 0.15) is 5.56 Å². The quantitative estimate of drug-likeness (QED) is 0.829. The highest BCUT2D eigenvalue weighted by Gasteiger charge is 2.04. The van der Waals surface area contributed by atoms with Gasteiger partial charge in [0.05, 0.1) is 23.7 Å². The van der Waals surface area contributed by atoms with Gasteiger partial charge in [-0.3, -0.25) is 4.21 Å². The highest BCUT2D eigenvalue weighted by atomic mass is 32.2. The van der Waals surface area contributed by atoms with Crippen LogP contribution < -0.4 is 4.74 Å². The van der Waals surface area contributed by atoms with Crippen LogP contribution in [-0.4, -0.2) is 11.3 Å². The summed E-state index contributed by atoms with van der Waals surface area (Å²) in [5, 5.41) is 0. The maximum Gasteiger partial charge on any atom is 0.118 e. The highest BCUT2D eigenvalue weighted by molar-refractivity contribution is 7.84. The van der Waals surface area contributed by atoms with E-state index in [1.807, 2.05) is 54.6 Å². The minimum Gasteiger partial charge on any atom is -0.497 e. The third-order valence-electron chi connectivity index (χ3n) is 2.46. The molecule has 0 fully saturated rings. The second-order valence-corrected chi connectivity index (χ2v) is 5.10. The van der Waals surface area contributed by atoms with E-state index in [1.165, 1.54) is 0 Å². The van der Waals surface area contributed by atoms with E-state index in [0.717, 1.165) is 16.2 Å². The fourth-order valence-corrected chi connectivity index (χ4v) is 2.65. The lowest BCUT2D eigenvalue weighted by Gasteiger charge is -2.04. The van der Waals surface area contributed by atoms with E-state index in [-0.39, 0.29) is 0 Å². The van der Waals surface area contributed by atoms with Crippen molar-refractivity contribution in [2.75, 3.05) is 7.11 Å². The average molecular weight is 246 g/mol. The zero-order valence-electron chi connectivity index (χ0n) is 9.63. The second kappa shape index (κ2) is 5.64. The predicted octanol–water partition coefficient (Wildman–Crippen LogP) is 3.00. The molecule has 0 aliphatic rings. The molecular weight excluding hydrogens is 232 g/mol. The Morgan fingerprint density at radius 3 is 2.24 bits per heavy atom. The fourth-order valence-electron chi connectivity index (χ4n) is 1.53. The molecule has 0 aromatic heterocycles. The molecule has 17 heavy (non-hydrogen) atoms. The van der Waals surface area contributed by atoms with Crippen LogP contribution >= 0.6 is 0 Å². The van der Waals surface area contributed by atoms with Crippen LogP contribution in [0.25, 0.3) is 0 Å². The standard InChI is InChI=1S/C14H14O2S/c1-16-13-9-7-12(8-10-13)11-17(15)14-5-3-2-4-6-14/h2-10H,11H2,1H3/t17-/m1/s1. The van der Waals surface area contributed by atoms with Crippen LogP contribution in [0, 0.1) is 0 Å². The summed E-state index contributed by atoms with van der Waals surface area (Å²) in [5.41, 5.74) is 1.05. The van der Waals surface area contributed by atoms with Gasteiger partial charge in [0.25, 0.3) is 0 Å². The molecule has 0 aliphatic heterocycles. The maximum absolute atomic E-state index is 12.0. The zero-order chi connectivity index (χ0) is 12.1. The van der Waals surface area contributed by atoms with E-state index < -0.39 is 10.8 Å². The first-order valence-corrected chi connectivity index (χ1v) is 6.68. The molecule has 1 atom stereocenters. The topological polar surface area (TPSA) is 26.3 Å². The predicted molar refractivity (Wildman–Crippen MR) is 69.5 cm³/mol. The van der Waals surface area contributed by atoms with Gasteiger partial charge in [0.1, 0.15) is 5.75 Å². The molecule has 0 amide bonds. The van der Waals surface area contributed by atoms with Crippen molar-refractivity contribution in [1.29, 1.82) is 0 Å². The Balaban J connectivity index is 2.08. The Morgan fingerprint density at radius 2 is 1.65 bits per heavy atom. The summed E-state index contributed by atoms with van der Waals surface area (Å²) in [6, 6.07) is 17.2. The van der Waals surface area contributed by atoms with Crippen molar-refractivity contribution >= 4 is 10.8 Å². The fraction of sp³-hybridized carbons (Fsp3) is 0.143. The third kappa shape index (κ3) is 3.17. The van der Waals surface area contributed by atoms with Crippen LogP contribution in [0.15, 0.2) is 59.5 Å². The smallest absolute Gasteiger partial charge is 0.118 e. The molecule has 2 nitrogen and oxygen atoms in total. The van der Waals surface area contributed by atoms with Gasteiger partial charge in [0.15, 0.2) is 0 Å². The van der Waals surface area contributed by atoms with Gasteiger partial charge in [-0.25, -0.2) is 0 Å². The van der Waals surface area contributed by atoms with Gasteiger partial charge in [-0.15, -0.1) is 0 Å². The van der Waals surface area contributed by atoms with Gasteiger partial charge < -0.3 is 4.74 Å². The van der Waals surface area contributed by atoms with Crippen molar-refractivity contribution in [3.8, 4) is 5.75 Å². The molecule has 0 saturated heterocycles. The van der Waals surface area contributed by atoms with Crippen molar-refractivity contribution in [2.24, 2.45) is 0 Å².